The number of aliphatic carboxylic acids is 1. The summed E-state index contributed by atoms with van der Waals surface area (Å²) in [6.45, 7) is 3.17. The number of benzene rings is 1. The molecule has 0 bridgehead atoms. The van der Waals surface area contributed by atoms with Crippen molar-refractivity contribution in [2.24, 2.45) is 7.05 Å². The van der Waals surface area contributed by atoms with Gasteiger partial charge in [-0.2, -0.15) is 13.2 Å². The number of hydrogen-bond donors (Lipinski definition) is 1. The van der Waals surface area contributed by atoms with Gasteiger partial charge < -0.3 is 9.67 Å². The van der Waals surface area contributed by atoms with Crippen molar-refractivity contribution in [2.75, 3.05) is 0 Å². The van der Waals surface area contributed by atoms with Gasteiger partial charge in [0, 0.05) is 18.3 Å². The zero-order valence-corrected chi connectivity index (χ0v) is 13.3. The van der Waals surface area contributed by atoms with E-state index in [4.69, 9.17) is 5.11 Å². The number of nitrogens with zero attached hydrogens (tertiary/aromatic N) is 1. The number of carbonyl (C=O) groups is 2. The molecule has 0 saturated heterocycles. The fourth-order valence-corrected chi connectivity index (χ4v) is 2.60. The molecule has 1 N–H and O–H groups in total. The third kappa shape index (κ3) is 3.20. The monoisotopic (exact) mass is 339 g/mol. The van der Waals surface area contributed by atoms with Crippen LogP contribution < -0.4 is 0 Å². The van der Waals surface area contributed by atoms with Gasteiger partial charge in [-0.25, -0.2) is 0 Å². The first-order valence-electron chi connectivity index (χ1n) is 7.15. The predicted molar refractivity (Wildman–Crippen MR) is 81.1 cm³/mol. The van der Waals surface area contributed by atoms with Crippen LogP contribution in [-0.4, -0.2) is 21.4 Å². The molecule has 0 aliphatic carbocycles. The molecule has 0 aliphatic rings. The predicted octanol–water partition coefficient (Wildman–Crippen LogP) is 3.77. The highest BCUT2D eigenvalue weighted by atomic mass is 19.4. The van der Waals surface area contributed by atoms with Gasteiger partial charge in [0.25, 0.3) is 0 Å². The van der Waals surface area contributed by atoms with Crippen molar-refractivity contribution in [3.8, 4) is 0 Å². The topological polar surface area (TPSA) is 59.3 Å². The lowest BCUT2D eigenvalue weighted by Gasteiger charge is -2.11. The van der Waals surface area contributed by atoms with Gasteiger partial charge in [-0.15, -0.1) is 0 Å². The number of ketones is 1. The van der Waals surface area contributed by atoms with Crippen molar-refractivity contribution in [3.63, 3.8) is 0 Å². The van der Waals surface area contributed by atoms with Crippen LogP contribution >= 0.6 is 0 Å². The fraction of sp³-hybridized carbons (Fsp3) is 0.294. The number of rotatable bonds is 4. The Balaban J connectivity index is 2.42. The number of carboxylic acids is 1. The van der Waals surface area contributed by atoms with Crippen LogP contribution in [-0.2, 0) is 18.0 Å². The number of hydrogen-bond acceptors (Lipinski definition) is 2. The Labute approximate surface area is 136 Å². The summed E-state index contributed by atoms with van der Waals surface area (Å²) in [6, 6.07) is 5.56. The summed E-state index contributed by atoms with van der Waals surface area (Å²) in [4.78, 5) is 23.7. The Hall–Kier alpha value is -2.57. The van der Waals surface area contributed by atoms with E-state index in [9.17, 15) is 22.8 Å². The third-order valence-electron chi connectivity index (χ3n) is 3.96. The van der Waals surface area contributed by atoms with Crippen LogP contribution in [0.3, 0.4) is 0 Å². The molecule has 4 nitrogen and oxygen atoms in total. The molecule has 1 aromatic heterocycles. The van der Waals surface area contributed by atoms with Crippen LogP contribution in [0.15, 0.2) is 30.3 Å². The van der Waals surface area contributed by atoms with E-state index in [1.165, 1.54) is 11.5 Å². The van der Waals surface area contributed by atoms with Crippen LogP contribution in [0.2, 0.25) is 0 Å². The van der Waals surface area contributed by atoms with Crippen molar-refractivity contribution < 1.29 is 27.9 Å². The molecule has 1 unspecified atom stereocenters. The van der Waals surface area contributed by atoms with Crippen molar-refractivity contribution in [3.05, 3.63) is 58.4 Å². The van der Waals surface area contributed by atoms with Crippen molar-refractivity contribution in [1.82, 2.24) is 4.57 Å². The summed E-state index contributed by atoms with van der Waals surface area (Å²) < 4.78 is 39.3. The summed E-state index contributed by atoms with van der Waals surface area (Å²) >= 11 is 0. The Morgan fingerprint density at radius 3 is 2.17 bits per heavy atom. The lowest BCUT2D eigenvalue weighted by atomic mass is 10.0. The Bertz CT molecular complexity index is 789. The van der Waals surface area contributed by atoms with E-state index in [0.29, 0.717) is 11.3 Å². The number of halogens is 3. The standard InChI is InChI=1S/C17H16F3NO3/c1-9-8-13(10(2)16(23)24)21(3)14(9)15(22)11-4-6-12(7-5-11)17(18,19)20/h4-8,10H,1-3H3,(H,23,24). The Morgan fingerprint density at radius 2 is 1.71 bits per heavy atom. The maximum atomic E-state index is 12.6. The molecular formula is C17H16F3NO3. The third-order valence-corrected chi connectivity index (χ3v) is 3.96. The summed E-state index contributed by atoms with van der Waals surface area (Å²) in [6.07, 6.45) is -4.47. The minimum atomic E-state index is -4.47. The van der Waals surface area contributed by atoms with E-state index in [1.54, 1.807) is 20.0 Å². The summed E-state index contributed by atoms with van der Waals surface area (Å²) in [7, 11) is 1.57. The first kappa shape index (κ1) is 17.8. The molecule has 7 heteroatoms. The molecule has 0 saturated carbocycles. The number of aryl methyl sites for hydroxylation is 1. The first-order chi connectivity index (χ1) is 11.0. The van der Waals surface area contributed by atoms with Gasteiger partial charge in [-0.05, 0) is 37.6 Å². The van der Waals surface area contributed by atoms with Gasteiger partial charge in [0.1, 0.15) is 0 Å². The van der Waals surface area contributed by atoms with Gasteiger partial charge >= 0.3 is 12.1 Å². The van der Waals surface area contributed by atoms with Gasteiger partial charge in [-0.3, -0.25) is 9.59 Å². The second-order valence-corrected chi connectivity index (χ2v) is 5.62. The van der Waals surface area contributed by atoms with Crippen LogP contribution in [0.4, 0.5) is 13.2 Å². The molecular weight excluding hydrogens is 323 g/mol. The molecule has 0 aliphatic heterocycles. The Morgan fingerprint density at radius 1 is 1.17 bits per heavy atom. The van der Waals surface area contributed by atoms with E-state index in [2.05, 4.69) is 0 Å². The Kier molecular flexibility index (Phi) is 4.55. The summed E-state index contributed by atoms with van der Waals surface area (Å²) in [5.74, 6) is -2.28. The largest absolute Gasteiger partial charge is 0.481 e. The van der Waals surface area contributed by atoms with Crippen LogP contribution in [0.25, 0.3) is 0 Å². The van der Waals surface area contributed by atoms with Crippen LogP contribution in [0, 0.1) is 6.92 Å². The lowest BCUT2D eigenvalue weighted by Crippen LogP contribution is -2.15. The van der Waals surface area contributed by atoms with Crippen LogP contribution in [0.5, 0.6) is 0 Å². The van der Waals surface area contributed by atoms with Gasteiger partial charge in [0.05, 0.1) is 17.2 Å². The zero-order chi connectivity index (χ0) is 18.2. The first-order valence-corrected chi connectivity index (χ1v) is 7.15. The number of carboxylic acid groups (broad SMARTS) is 1. The zero-order valence-electron chi connectivity index (χ0n) is 13.3. The molecule has 2 rings (SSSR count). The molecule has 128 valence electrons. The molecule has 2 aromatic rings. The quantitative estimate of drug-likeness (QED) is 0.863. The van der Waals surface area contributed by atoms with Gasteiger partial charge in [-0.1, -0.05) is 12.1 Å². The second-order valence-electron chi connectivity index (χ2n) is 5.62. The number of carbonyl (C=O) groups excluding carboxylic acids is 1. The highest BCUT2D eigenvalue weighted by Gasteiger charge is 2.30. The highest BCUT2D eigenvalue weighted by molar-refractivity contribution is 6.09. The molecule has 1 heterocycles. The normalized spacial score (nSPS) is 12.9. The minimum absolute atomic E-state index is 0.113. The van der Waals surface area contributed by atoms with Crippen molar-refractivity contribution in [1.29, 1.82) is 0 Å². The maximum absolute atomic E-state index is 12.6. The van der Waals surface area contributed by atoms with E-state index in [1.807, 2.05) is 0 Å². The molecule has 1 atom stereocenters. The van der Waals surface area contributed by atoms with Gasteiger partial charge in [0.2, 0.25) is 5.78 Å². The van der Waals surface area contributed by atoms with Crippen LogP contribution in [0.1, 0.15) is 45.7 Å². The average Bonchev–Trinajstić information content (AvgIpc) is 2.79. The summed E-state index contributed by atoms with van der Waals surface area (Å²) in [5.41, 5.74) is 0.572. The number of alkyl halides is 3. The van der Waals surface area contributed by atoms with E-state index in [0.717, 1.165) is 24.3 Å². The smallest absolute Gasteiger partial charge is 0.416 e. The minimum Gasteiger partial charge on any atom is -0.481 e. The highest BCUT2D eigenvalue weighted by Crippen LogP contribution is 2.30. The van der Waals surface area contributed by atoms with Crippen molar-refractivity contribution in [2.45, 2.75) is 25.9 Å². The second kappa shape index (κ2) is 6.14. The van der Waals surface area contributed by atoms with E-state index >= 15 is 0 Å². The molecule has 0 spiro atoms. The van der Waals surface area contributed by atoms with Crippen molar-refractivity contribution >= 4 is 11.8 Å². The SMILES string of the molecule is Cc1cc(C(C)C(=O)O)n(C)c1C(=O)c1ccc(C(F)(F)F)cc1. The maximum Gasteiger partial charge on any atom is 0.416 e. The molecule has 0 radical (unpaired) electrons. The molecule has 0 amide bonds. The molecule has 24 heavy (non-hydrogen) atoms. The average molecular weight is 339 g/mol. The van der Waals surface area contributed by atoms with E-state index in [-0.39, 0.29) is 11.3 Å². The summed E-state index contributed by atoms with van der Waals surface area (Å²) in [5, 5.41) is 9.12. The number of aromatic nitrogens is 1. The fourth-order valence-electron chi connectivity index (χ4n) is 2.60. The molecule has 1 aromatic carbocycles. The molecule has 0 fully saturated rings. The van der Waals surface area contributed by atoms with Gasteiger partial charge in [0.15, 0.2) is 0 Å². The van der Waals surface area contributed by atoms with E-state index < -0.39 is 29.4 Å². The lowest BCUT2D eigenvalue weighted by molar-refractivity contribution is -0.139.